The maximum atomic E-state index is 12.1. The molecular weight excluding hydrogens is 272 g/mol. The molecule has 0 aromatic heterocycles. The van der Waals surface area contributed by atoms with Crippen molar-refractivity contribution in [3.63, 3.8) is 0 Å². The fourth-order valence-corrected chi connectivity index (χ4v) is 2.64. The van der Waals surface area contributed by atoms with Crippen LogP contribution in [-0.4, -0.2) is 5.91 Å². The van der Waals surface area contributed by atoms with Crippen LogP contribution in [-0.2, 0) is 4.79 Å². The molecule has 1 aromatic carbocycles. The number of nitrogen functional groups attached to an aromatic ring is 1. The monoisotopic (exact) mass is 296 g/mol. The molecule has 1 amide bonds. The minimum Gasteiger partial charge on any atom is -0.398 e. The van der Waals surface area contributed by atoms with Crippen molar-refractivity contribution >= 4 is 28.9 Å². The molecule has 20 heavy (non-hydrogen) atoms. The lowest BCUT2D eigenvalue weighted by Gasteiger charge is -2.23. The molecular formula is C16H25ClN2O. The summed E-state index contributed by atoms with van der Waals surface area (Å²) in [6.45, 7) is 10.6. The lowest BCUT2D eigenvalue weighted by molar-refractivity contribution is -0.117. The second-order valence-electron chi connectivity index (χ2n) is 6.81. The number of hydrogen-bond acceptors (Lipinski definition) is 2. The maximum Gasteiger partial charge on any atom is 0.224 e. The molecule has 0 spiro atoms. The molecule has 112 valence electrons. The van der Waals surface area contributed by atoms with Crippen LogP contribution in [0.3, 0.4) is 0 Å². The fourth-order valence-electron chi connectivity index (χ4n) is 2.47. The lowest BCUT2D eigenvalue weighted by atomic mass is 9.84. The second-order valence-corrected chi connectivity index (χ2v) is 7.22. The van der Waals surface area contributed by atoms with E-state index in [1.807, 2.05) is 6.92 Å². The van der Waals surface area contributed by atoms with Gasteiger partial charge in [-0.05, 0) is 42.4 Å². The average Bonchev–Trinajstić information content (AvgIpc) is 2.22. The molecule has 0 saturated carbocycles. The Morgan fingerprint density at radius 2 is 2.00 bits per heavy atom. The summed E-state index contributed by atoms with van der Waals surface area (Å²) in [5, 5.41) is 3.38. The Morgan fingerprint density at radius 3 is 2.55 bits per heavy atom. The quantitative estimate of drug-likeness (QED) is 0.796. The summed E-state index contributed by atoms with van der Waals surface area (Å²) in [6.07, 6.45) is 1.53. The van der Waals surface area contributed by atoms with Crippen LogP contribution >= 0.6 is 11.6 Å². The van der Waals surface area contributed by atoms with E-state index < -0.39 is 0 Å². The van der Waals surface area contributed by atoms with E-state index in [4.69, 9.17) is 17.3 Å². The van der Waals surface area contributed by atoms with Gasteiger partial charge in [-0.1, -0.05) is 39.3 Å². The first-order chi connectivity index (χ1) is 9.08. The average molecular weight is 297 g/mol. The van der Waals surface area contributed by atoms with Crippen LogP contribution in [0.25, 0.3) is 0 Å². The van der Waals surface area contributed by atoms with E-state index in [1.165, 1.54) is 0 Å². The van der Waals surface area contributed by atoms with E-state index in [1.54, 1.807) is 12.1 Å². The summed E-state index contributed by atoms with van der Waals surface area (Å²) >= 11 is 5.99. The first-order valence-corrected chi connectivity index (χ1v) is 7.32. The fraction of sp³-hybridized carbons (Fsp3) is 0.562. The summed E-state index contributed by atoms with van der Waals surface area (Å²) in [5.74, 6) is 0.366. The molecule has 1 aromatic rings. The first-order valence-electron chi connectivity index (χ1n) is 6.94. The Labute approximate surface area is 126 Å². The van der Waals surface area contributed by atoms with E-state index in [-0.39, 0.29) is 11.3 Å². The number of nitrogens with one attached hydrogen (secondary N) is 1. The standard InChI is InChI=1S/C16H25ClN2O/c1-10(9-16(3,4)5)6-15(20)19-14-8-12(17)13(18)7-11(14)2/h7-8,10H,6,9,18H2,1-5H3,(H,19,20). The Hall–Kier alpha value is -1.22. The van der Waals surface area contributed by atoms with Gasteiger partial charge in [0.2, 0.25) is 5.91 Å². The first kappa shape index (κ1) is 16.8. The zero-order chi connectivity index (χ0) is 15.5. The molecule has 1 atom stereocenters. The predicted octanol–water partition coefficient (Wildman–Crippen LogP) is 4.63. The van der Waals surface area contributed by atoms with E-state index in [0.29, 0.717) is 23.0 Å². The van der Waals surface area contributed by atoms with Crippen LogP contribution in [0.4, 0.5) is 11.4 Å². The number of nitrogens with two attached hydrogens (primary N) is 1. The van der Waals surface area contributed by atoms with Crippen molar-refractivity contribution in [1.82, 2.24) is 0 Å². The van der Waals surface area contributed by atoms with Gasteiger partial charge in [0.1, 0.15) is 0 Å². The molecule has 0 heterocycles. The van der Waals surface area contributed by atoms with Gasteiger partial charge in [-0.25, -0.2) is 0 Å². The van der Waals surface area contributed by atoms with Crippen LogP contribution in [0.2, 0.25) is 5.02 Å². The zero-order valence-corrected chi connectivity index (χ0v) is 13.8. The van der Waals surface area contributed by atoms with Crippen LogP contribution in [0.15, 0.2) is 12.1 Å². The molecule has 3 nitrogen and oxygen atoms in total. The van der Waals surface area contributed by atoms with Crippen molar-refractivity contribution in [2.75, 3.05) is 11.1 Å². The summed E-state index contributed by atoms with van der Waals surface area (Å²) in [7, 11) is 0. The molecule has 0 radical (unpaired) electrons. The molecule has 0 saturated heterocycles. The summed E-state index contributed by atoms with van der Waals surface area (Å²) in [6, 6.07) is 3.48. The highest BCUT2D eigenvalue weighted by Crippen LogP contribution is 2.28. The third kappa shape index (κ3) is 5.41. The Balaban J connectivity index is 2.65. The van der Waals surface area contributed by atoms with Gasteiger partial charge in [-0.2, -0.15) is 0 Å². The molecule has 0 fully saturated rings. The summed E-state index contributed by atoms with van der Waals surface area (Å²) < 4.78 is 0. The highest BCUT2D eigenvalue weighted by Gasteiger charge is 2.18. The Kier molecular flexibility index (Phi) is 5.46. The summed E-state index contributed by atoms with van der Waals surface area (Å²) in [5.41, 5.74) is 8.15. The van der Waals surface area contributed by atoms with Gasteiger partial charge >= 0.3 is 0 Å². The van der Waals surface area contributed by atoms with E-state index in [9.17, 15) is 4.79 Å². The smallest absolute Gasteiger partial charge is 0.224 e. The third-order valence-electron chi connectivity index (χ3n) is 3.11. The van der Waals surface area contributed by atoms with E-state index in [0.717, 1.165) is 17.7 Å². The van der Waals surface area contributed by atoms with E-state index >= 15 is 0 Å². The van der Waals surface area contributed by atoms with Gasteiger partial charge in [-0.15, -0.1) is 0 Å². The van der Waals surface area contributed by atoms with Gasteiger partial charge in [-0.3, -0.25) is 4.79 Å². The van der Waals surface area contributed by atoms with Crippen LogP contribution < -0.4 is 11.1 Å². The highest BCUT2D eigenvalue weighted by molar-refractivity contribution is 6.33. The van der Waals surface area contributed by atoms with Gasteiger partial charge in [0.25, 0.3) is 0 Å². The predicted molar refractivity (Wildman–Crippen MR) is 87.1 cm³/mol. The number of halogens is 1. The largest absolute Gasteiger partial charge is 0.398 e. The SMILES string of the molecule is Cc1cc(N)c(Cl)cc1NC(=O)CC(C)CC(C)(C)C. The normalized spacial score (nSPS) is 13.1. The molecule has 4 heteroatoms. The Bertz CT molecular complexity index is 492. The molecule has 1 unspecified atom stereocenters. The number of aryl methyl sites for hydroxylation is 1. The minimum atomic E-state index is 0.0192. The van der Waals surface area contributed by atoms with Crippen molar-refractivity contribution in [2.45, 2.75) is 47.5 Å². The number of carbonyl (C=O) groups is 1. The minimum absolute atomic E-state index is 0.0192. The Morgan fingerprint density at radius 1 is 1.40 bits per heavy atom. The number of rotatable bonds is 4. The van der Waals surface area contributed by atoms with Gasteiger partial charge < -0.3 is 11.1 Å². The van der Waals surface area contributed by atoms with Gasteiger partial charge in [0.05, 0.1) is 10.7 Å². The molecule has 0 aliphatic heterocycles. The zero-order valence-electron chi connectivity index (χ0n) is 13.0. The van der Waals surface area contributed by atoms with Crippen molar-refractivity contribution in [1.29, 1.82) is 0 Å². The number of carbonyl (C=O) groups excluding carboxylic acids is 1. The van der Waals surface area contributed by atoms with E-state index in [2.05, 4.69) is 33.0 Å². The van der Waals surface area contributed by atoms with Gasteiger partial charge in [0, 0.05) is 12.1 Å². The molecule has 0 aliphatic rings. The van der Waals surface area contributed by atoms with Crippen molar-refractivity contribution in [3.8, 4) is 0 Å². The second kappa shape index (κ2) is 6.49. The van der Waals surface area contributed by atoms with Crippen LogP contribution in [0.5, 0.6) is 0 Å². The van der Waals surface area contributed by atoms with Crippen LogP contribution in [0, 0.1) is 18.3 Å². The van der Waals surface area contributed by atoms with Crippen molar-refractivity contribution < 1.29 is 4.79 Å². The van der Waals surface area contributed by atoms with Crippen LogP contribution in [0.1, 0.15) is 46.1 Å². The maximum absolute atomic E-state index is 12.1. The topological polar surface area (TPSA) is 55.1 Å². The number of amides is 1. The third-order valence-corrected chi connectivity index (χ3v) is 3.44. The molecule has 0 aliphatic carbocycles. The lowest BCUT2D eigenvalue weighted by Crippen LogP contribution is -2.19. The van der Waals surface area contributed by atoms with Gasteiger partial charge in [0.15, 0.2) is 0 Å². The number of benzene rings is 1. The highest BCUT2D eigenvalue weighted by atomic mass is 35.5. The molecule has 0 bridgehead atoms. The molecule has 3 N–H and O–H groups in total. The van der Waals surface area contributed by atoms with Crippen molar-refractivity contribution in [2.24, 2.45) is 11.3 Å². The summed E-state index contributed by atoms with van der Waals surface area (Å²) in [4.78, 5) is 12.1. The molecule has 1 rings (SSSR count). The van der Waals surface area contributed by atoms with Crippen molar-refractivity contribution in [3.05, 3.63) is 22.7 Å². The number of anilines is 2. The number of hydrogen-bond donors (Lipinski definition) is 2.